The van der Waals surface area contributed by atoms with Crippen molar-refractivity contribution in [2.24, 2.45) is 5.92 Å². The number of carboxylic acids is 1. The van der Waals surface area contributed by atoms with Crippen LogP contribution in [0.4, 0.5) is 0 Å². The van der Waals surface area contributed by atoms with Gasteiger partial charge in [-0.25, -0.2) is 4.79 Å². The highest BCUT2D eigenvalue weighted by atomic mass is 16.5. The lowest BCUT2D eigenvalue weighted by Gasteiger charge is -2.15. The van der Waals surface area contributed by atoms with E-state index in [1.165, 1.54) is 6.92 Å². The highest BCUT2D eigenvalue weighted by molar-refractivity contribution is 5.72. The fourth-order valence-electron chi connectivity index (χ4n) is 1.55. The van der Waals surface area contributed by atoms with Crippen molar-refractivity contribution in [2.45, 2.75) is 40.3 Å². The number of aromatic nitrogens is 1. The van der Waals surface area contributed by atoms with Crippen LogP contribution in [0.5, 0.6) is 5.75 Å². The summed E-state index contributed by atoms with van der Waals surface area (Å²) in [6, 6.07) is 3.59. The van der Waals surface area contributed by atoms with Crippen molar-refractivity contribution >= 4 is 5.97 Å². The number of ether oxygens (including phenoxy) is 1. The van der Waals surface area contributed by atoms with E-state index in [-0.39, 0.29) is 0 Å². The van der Waals surface area contributed by atoms with E-state index in [1.807, 2.05) is 13.0 Å². The minimum absolute atomic E-state index is 0.525. The average molecular weight is 266 g/mol. The molecule has 5 nitrogen and oxygen atoms in total. The molecule has 1 unspecified atom stereocenters. The molecule has 0 saturated heterocycles. The molecule has 1 aromatic heterocycles. The summed E-state index contributed by atoms with van der Waals surface area (Å²) < 4.78 is 5.42. The first kappa shape index (κ1) is 15.4. The smallest absolute Gasteiger partial charge is 0.344 e. The van der Waals surface area contributed by atoms with E-state index in [0.29, 0.717) is 18.2 Å². The molecule has 2 N–H and O–H groups in total. The number of nitrogens with zero attached hydrogens (tertiary/aromatic N) is 1. The number of rotatable bonds is 7. The van der Waals surface area contributed by atoms with Crippen LogP contribution in [0.25, 0.3) is 0 Å². The maximum Gasteiger partial charge on any atom is 0.344 e. The van der Waals surface area contributed by atoms with Gasteiger partial charge in [0.2, 0.25) is 0 Å². The number of aryl methyl sites for hydroxylation is 1. The predicted molar refractivity (Wildman–Crippen MR) is 73.2 cm³/mol. The number of hydrogen-bond acceptors (Lipinski definition) is 4. The van der Waals surface area contributed by atoms with Gasteiger partial charge in [0.25, 0.3) is 0 Å². The van der Waals surface area contributed by atoms with Gasteiger partial charge >= 0.3 is 5.97 Å². The van der Waals surface area contributed by atoms with Crippen molar-refractivity contribution in [1.29, 1.82) is 0 Å². The summed E-state index contributed by atoms with van der Waals surface area (Å²) in [7, 11) is 0. The molecule has 0 aliphatic carbocycles. The van der Waals surface area contributed by atoms with Crippen molar-refractivity contribution in [3.8, 4) is 5.75 Å². The van der Waals surface area contributed by atoms with Gasteiger partial charge in [0.05, 0.1) is 5.69 Å². The molecule has 106 valence electrons. The summed E-state index contributed by atoms with van der Waals surface area (Å²) in [6.45, 7) is 9.11. The fourth-order valence-corrected chi connectivity index (χ4v) is 1.55. The van der Waals surface area contributed by atoms with E-state index >= 15 is 0 Å². The first-order chi connectivity index (χ1) is 8.90. The van der Waals surface area contributed by atoms with Gasteiger partial charge < -0.3 is 15.2 Å². The molecule has 0 radical (unpaired) electrons. The van der Waals surface area contributed by atoms with Crippen molar-refractivity contribution < 1.29 is 14.6 Å². The Morgan fingerprint density at radius 1 is 1.42 bits per heavy atom. The van der Waals surface area contributed by atoms with E-state index in [2.05, 4.69) is 24.1 Å². The summed E-state index contributed by atoms with van der Waals surface area (Å²) in [5.74, 6) is 0.0885. The van der Waals surface area contributed by atoms with Crippen LogP contribution in [0.2, 0.25) is 0 Å². The molecule has 0 bridgehead atoms. The summed E-state index contributed by atoms with van der Waals surface area (Å²) in [4.78, 5) is 15.2. The van der Waals surface area contributed by atoms with Crippen LogP contribution in [0.3, 0.4) is 0 Å². The molecule has 19 heavy (non-hydrogen) atoms. The van der Waals surface area contributed by atoms with Crippen molar-refractivity contribution in [3.05, 3.63) is 23.5 Å². The van der Waals surface area contributed by atoms with Crippen LogP contribution in [-0.4, -0.2) is 28.7 Å². The molecule has 1 rings (SSSR count). The maximum atomic E-state index is 10.8. The van der Waals surface area contributed by atoms with Crippen LogP contribution in [0, 0.1) is 12.8 Å². The number of aliphatic carboxylic acids is 1. The lowest BCUT2D eigenvalue weighted by atomic mass is 10.2. The highest BCUT2D eigenvalue weighted by Gasteiger charge is 2.15. The third-order valence-electron chi connectivity index (χ3n) is 2.57. The van der Waals surface area contributed by atoms with Crippen LogP contribution >= 0.6 is 0 Å². The highest BCUT2D eigenvalue weighted by Crippen LogP contribution is 2.18. The Kier molecular flexibility index (Phi) is 5.76. The molecule has 1 heterocycles. The van der Waals surface area contributed by atoms with E-state index < -0.39 is 12.1 Å². The molecule has 0 amide bonds. The minimum Gasteiger partial charge on any atom is -0.479 e. The Morgan fingerprint density at radius 3 is 2.68 bits per heavy atom. The quantitative estimate of drug-likeness (QED) is 0.789. The van der Waals surface area contributed by atoms with Crippen LogP contribution in [0.15, 0.2) is 12.1 Å². The lowest BCUT2D eigenvalue weighted by molar-refractivity contribution is -0.144. The Morgan fingerprint density at radius 2 is 2.11 bits per heavy atom. The van der Waals surface area contributed by atoms with E-state index in [9.17, 15) is 4.79 Å². The van der Waals surface area contributed by atoms with Crippen molar-refractivity contribution in [2.75, 3.05) is 6.54 Å². The lowest BCUT2D eigenvalue weighted by Crippen LogP contribution is -2.25. The van der Waals surface area contributed by atoms with Crippen LogP contribution < -0.4 is 10.1 Å². The zero-order valence-electron chi connectivity index (χ0n) is 11.9. The van der Waals surface area contributed by atoms with Gasteiger partial charge in [0, 0.05) is 12.2 Å². The maximum absolute atomic E-state index is 10.8. The number of hydrogen-bond donors (Lipinski definition) is 2. The molecule has 1 aromatic rings. The van der Waals surface area contributed by atoms with E-state index in [0.717, 1.165) is 17.9 Å². The normalized spacial score (nSPS) is 12.5. The summed E-state index contributed by atoms with van der Waals surface area (Å²) in [5.41, 5.74) is 1.63. The number of carbonyl (C=O) groups is 1. The SMILES string of the molecule is Cc1ccc(OC(C)C(=O)O)c(CNCC(C)C)n1. The standard InChI is InChI=1S/C14H22N2O3/c1-9(2)7-15-8-12-13(6-5-10(3)16-12)19-11(4)14(17)18/h5-6,9,11,15H,7-8H2,1-4H3,(H,17,18). The molecule has 0 aromatic carbocycles. The third-order valence-corrected chi connectivity index (χ3v) is 2.57. The number of nitrogens with one attached hydrogen (secondary N) is 1. The van der Waals surface area contributed by atoms with Gasteiger partial charge in [-0.05, 0) is 38.4 Å². The molecule has 0 fully saturated rings. The van der Waals surface area contributed by atoms with Crippen molar-refractivity contribution in [1.82, 2.24) is 10.3 Å². The van der Waals surface area contributed by atoms with Gasteiger partial charge in [0.1, 0.15) is 5.75 Å². The van der Waals surface area contributed by atoms with E-state index in [4.69, 9.17) is 9.84 Å². The van der Waals surface area contributed by atoms with E-state index in [1.54, 1.807) is 6.07 Å². The Labute approximate surface area is 114 Å². The Hall–Kier alpha value is -1.62. The van der Waals surface area contributed by atoms with Crippen LogP contribution in [-0.2, 0) is 11.3 Å². The molecular formula is C14H22N2O3. The van der Waals surface area contributed by atoms with Gasteiger partial charge in [-0.1, -0.05) is 13.8 Å². The second-order valence-electron chi connectivity index (χ2n) is 5.02. The minimum atomic E-state index is -0.985. The number of carboxylic acid groups (broad SMARTS) is 1. The zero-order valence-corrected chi connectivity index (χ0v) is 11.9. The molecule has 0 spiro atoms. The summed E-state index contributed by atoms with van der Waals surface area (Å²) in [5, 5.41) is 12.2. The Balaban J connectivity index is 2.76. The summed E-state index contributed by atoms with van der Waals surface area (Å²) in [6.07, 6.45) is -0.881. The zero-order chi connectivity index (χ0) is 14.4. The van der Waals surface area contributed by atoms with Crippen LogP contribution in [0.1, 0.15) is 32.2 Å². The molecule has 1 atom stereocenters. The first-order valence-electron chi connectivity index (χ1n) is 6.47. The van der Waals surface area contributed by atoms with Gasteiger partial charge in [0.15, 0.2) is 6.10 Å². The van der Waals surface area contributed by atoms with Gasteiger partial charge in [-0.3, -0.25) is 4.98 Å². The summed E-state index contributed by atoms with van der Waals surface area (Å²) >= 11 is 0. The third kappa shape index (κ3) is 5.26. The second-order valence-corrected chi connectivity index (χ2v) is 5.02. The molecule has 0 saturated carbocycles. The fraction of sp³-hybridized carbons (Fsp3) is 0.571. The predicted octanol–water partition coefficient (Wildman–Crippen LogP) is 1.99. The monoisotopic (exact) mass is 266 g/mol. The van der Waals surface area contributed by atoms with Crippen molar-refractivity contribution in [3.63, 3.8) is 0 Å². The molecule has 5 heteroatoms. The van der Waals surface area contributed by atoms with Gasteiger partial charge in [-0.15, -0.1) is 0 Å². The molecule has 0 aliphatic rings. The Bertz CT molecular complexity index is 433. The largest absolute Gasteiger partial charge is 0.479 e. The first-order valence-corrected chi connectivity index (χ1v) is 6.47. The topological polar surface area (TPSA) is 71.5 Å². The van der Waals surface area contributed by atoms with Gasteiger partial charge in [-0.2, -0.15) is 0 Å². The second kappa shape index (κ2) is 7.09. The number of pyridine rings is 1. The molecule has 0 aliphatic heterocycles. The molecular weight excluding hydrogens is 244 g/mol. The average Bonchev–Trinajstić information content (AvgIpc) is 2.31.